The summed E-state index contributed by atoms with van der Waals surface area (Å²) in [5, 5.41) is 3.68. The van der Waals surface area contributed by atoms with Crippen molar-refractivity contribution < 1.29 is 14.3 Å². The molecular formula is C22H18Cl2NO3S. The number of benzene rings is 3. The zero-order chi connectivity index (χ0) is 20.5. The fraction of sp³-hybridized carbons (Fsp3) is 0.0909. The third-order valence-corrected chi connectivity index (χ3v) is 4.90. The Labute approximate surface area is 184 Å². The minimum atomic E-state index is -0.239. The normalized spacial score (nSPS) is 10.7. The Morgan fingerprint density at radius 2 is 1.48 bits per heavy atom. The maximum atomic E-state index is 12.7. The van der Waals surface area contributed by atoms with Gasteiger partial charge in [-0.2, -0.15) is 0 Å². The van der Waals surface area contributed by atoms with Gasteiger partial charge in [-0.25, -0.2) is 0 Å². The number of thioether (sulfide) groups is 1. The van der Waals surface area contributed by atoms with E-state index in [1.54, 1.807) is 18.2 Å². The summed E-state index contributed by atoms with van der Waals surface area (Å²) in [6, 6.07) is 23.6. The number of ether oxygens (including phenoxy) is 2. The largest absolute Gasteiger partial charge is 0.491 e. The number of carbonyl (C=O) groups excluding carboxylic acids is 1. The van der Waals surface area contributed by atoms with Crippen LogP contribution in [0, 0.1) is 5.56 Å². The molecule has 0 aliphatic carbocycles. The second kappa shape index (κ2) is 11.1. The van der Waals surface area contributed by atoms with Gasteiger partial charge in [-0.1, -0.05) is 59.6 Å². The summed E-state index contributed by atoms with van der Waals surface area (Å²) in [6.07, 6.45) is 0. The Balaban J connectivity index is 1.61. The van der Waals surface area contributed by atoms with Crippen LogP contribution in [0.3, 0.4) is 0 Å². The number of rotatable bonds is 9. The third kappa shape index (κ3) is 7.29. The van der Waals surface area contributed by atoms with Crippen LogP contribution in [0.1, 0.15) is 10.4 Å². The smallest absolute Gasteiger partial charge is 0.255 e. The molecule has 149 valence electrons. The molecule has 0 saturated heterocycles. The lowest BCUT2D eigenvalue weighted by molar-refractivity contribution is 0.108. The number of hydrogen-bond acceptors (Lipinski definition) is 5. The molecule has 0 aromatic heterocycles. The molecule has 4 nitrogen and oxygen atoms in total. The lowest BCUT2D eigenvalue weighted by atomic mass is 10.2. The van der Waals surface area contributed by atoms with E-state index in [2.05, 4.69) is 5.32 Å². The molecule has 0 spiro atoms. The lowest BCUT2D eigenvalue weighted by Gasteiger charge is -2.18. The molecule has 0 heterocycles. The van der Waals surface area contributed by atoms with Crippen molar-refractivity contribution in [2.24, 2.45) is 0 Å². The van der Waals surface area contributed by atoms with E-state index in [1.165, 1.54) is 0 Å². The van der Waals surface area contributed by atoms with Gasteiger partial charge in [0.1, 0.15) is 12.4 Å². The van der Waals surface area contributed by atoms with Crippen LogP contribution in [0.25, 0.3) is 0 Å². The first kappa shape index (κ1) is 21.5. The van der Waals surface area contributed by atoms with Crippen LogP contribution in [-0.4, -0.2) is 18.3 Å². The average molecular weight is 447 g/mol. The van der Waals surface area contributed by atoms with E-state index < -0.39 is 0 Å². The molecule has 0 bridgehead atoms. The van der Waals surface area contributed by atoms with Gasteiger partial charge >= 0.3 is 0 Å². The third-order valence-electron chi connectivity index (χ3n) is 3.63. The topological polar surface area (TPSA) is 47.6 Å². The molecule has 1 N–H and O–H groups in total. The maximum absolute atomic E-state index is 12.7. The van der Waals surface area contributed by atoms with Gasteiger partial charge in [-0.05, 0) is 54.2 Å². The number of anilines is 1. The van der Waals surface area contributed by atoms with Crippen LogP contribution in [0.5, 0.6) is 5.75 Å². The molecular weight excluding hydrogens is 429 g/mol. The summed E-state index contributed by atoms with van der Waals surface area (Å²) in [5.74, 6) is 0.756. The molecule has 29 heavy (non-hydrogen) atoms. The fourth-order valence-electron chi connectivity index (χ4n) is 2.36. The number of nitrogens with one attached hydrogen (secondary N) is 1. The van der Waals surface area contributed by atoms with Crippen molar-refractivity contribution in [1.29, 1.82) is 0 Å². The molecule has 0 aliphatic rings. The van der Waals surface area contributed by atoms with Crippen LogP contribution < -0.4 is 10.1 Å². The molecule has 3 rings (SSSR count). The summed E-state index contributed by atoms with van der Waals surface area (Å²) in [6.45, 7) is 0.600. The zero-order valence-corrected chi connectivity index (χ0v) is 17.6. The number of halogens is 2. The predicted octanol–water partition coefficient (Wildman–Crippen LogP) is 6.52. The van der Waals surface area contributed by atoms with Gasteiger partial charge < -0.3 is 14.8 Å². The van der Waals surface area contributed by atoms with Crippen molar-refractivity contribution in [3.8, 4) is 5.75 Å². The van der Waals surface area contributed by atoms with Crippen molar-refractivity contribution in [3.63, 3.8) is 0 Å². The van der Waals surface area contributed by atoms with E-state index in [0.29, 0.717) is 27.8 Å². The lowest BCUT2D eigenvalue weighted by Crippen LogP contribution is -2.17. The molecule has 1 radical (unpaired) electrons. The van der Waals surface area contributed by atoms with Gasteiger partial charge in [0.2, 0.25) is 5.12 Å². The summed E-state index contributed by atoms with van der Waals surface area (Å²) < 4.78 is 11.4. The Bertz CT molecular complexity index is 906. The van der Waals surface area contributed by atoms with Crippen molar-refractivity contribution in [3.05, 3.63) is 100 Å². The highest BCUT2D eigenvalue weighted by molar-refractivity contribution is 8.16. The van der Waals surface area contributed by atoms with E-state index in [-0.39, 0.29) is 11.7 Å². The van der Waals surface area contributed by atoms with Crippen LogP contribution in [0.4, 0.5) is 5.69 Å². The van der Waals surface area contributed by atoms with E-state index >= 15 is 0 Å². The second-order valence-corrected chi connectivity index (χ2v) is 7.65. The zero-order valence-electron chi connectivity index (χ0n) is 15.3. The van der Waals surface area contributed by atoms with Gasteiger partial charge in [0.05, 0.1) is 6.61 Å². The molecule has 0 aliphatic heterocycles. The highest BCUT2D eigenvalue weighted by Gasteiger charge is 2.20. The fourth-order valence-corrected chi connectivity index (χ4v) is 3.60. The average Bonchev–Trinajstić information content (AvgIpc) is 2.72. The molecule has 0 unspecified atom stereocenters. The highest BCUT2D eigenvalue weighted by Crippen LogP contribution is 2.29. The molecule has 7 heteroatoms. The quantitative estimate of drug-likeness (QED) is 0.379. The Hall–Kier alpha value is -2.18. The maximum Gasteiger partial charge on any atom is 0.255 e. The predicted molar refractivity (Wildman–Crippen MR) is 120 cm³/mol. The molecule has 0 saturated carbocycles. The van der Waals surface area contributed by atoms with Crippen molar-refractivity contribution in [2.45, 2.75) is 0 Å². The van der Waals surface area contributed by atoms with Crippen LogP contribution in [-0.2, 0) is 4.74 Å². The van der Waals surface area contributed by atoms with E-state index in [0.717, 1.165) is 23.2 Å². The Kier molecular flexibility index (Phi) is 8.25. The summed E-state index contributed by atoms with van der Waals surface area (Å²) in [7, 11) is 0. The van der Waals surface area contributed by atoms with E-state index in [1.807, 2.05) is 60.7 Å². The first-order valence-electron chi connectivity index (χ1n) is 8.78. The summed E-state index contributed by atoms with van der Waals surface area (Å²) in [5.41, 5.74) is 1.54. The first-order chi connectivity index (χ1) is 14.1. The van der Waals surface area contributed by atoms with Gasteiger partial charge in [-0.3, -0.25) is 4.79 Å². The molecule has 0 amide bonds. The second-order valence-electron chi connectivity index (χ2n) is 5.84. The van der Waals surface area contributed by atoms with Gasteiger partial charge in [0, 0.05) is 21.3 Å². The van der Waals surface area contributed by atoms with Crippen LogP contribution in [0.15, 0.2) is 78.9 Å². The van der Waals surface area contributed by atoms with Crippen molar-refractivity contribution >= 4 is 45.8 Å². The van der Waals surface area contributed by atoms with Gasteiger partial charge in [0.25, 0.3) is 5.56 Å². The van der Waals surface area contributed by atoms with Crippen LogP contribution in [0.2, 0.25) is 10.0 Å². The van der Waals surface area contributed by atoms with E-state index in [4.69, 9.17) is 32.7 Å². The molecule has 0 atom stereocenters. The van der Waals surface area contributed by atoms with Gasteiger partial charge in [-0.15, -0.1) is 0 Å². The number of carbonyl (C=O) groups is 1. The highest BCUT2D eigenvalue weighted by atomic mass is 35.5. The standard InChI is InChI=1S/C22H18Cl2NO3S/c23-17-13-16(14-18(24)15-17)21(26)29-22(25-19-7-3-1-4-8-19)28-12-11-27-20-9-5-2-6-10-20/h1-10,13-15,25H,11-12H2. The first-order valence-corrected chi connectivity index (χ1v) is 10.4. The van der Waals surface area contributed by atoms with Crippen molar-refractivity contribution in [1.82, 2.24) is 0 Å². The minimum Gasteiger partial charge on any atom is -0.491 e. The summed E-state index contributed by atoms with van der Waals surface area (Å²) in [4.78, 5) is 12.7. The Morgan fingerprint density at radius 1 is 0.862 bits per heavy atom. The Morgan fingerprint density at radius 3 is 2.14 bits per heavy atom. The van der Waals surface area contributed by atoms with Crippen molar-refractivity contribution in [2.75, 3.05) is 18.5 Å². The minimum absolute atomic E-state index is 0.239. The molecule has 3 aromatic rings. The SMILES string of the molecule is O=C(S[C](Nc1ccccc1)OCCOc1ccccc1)c1cc(Cl)cc(Cl)c1. The number of para-hydroxylation sites is 2. The number of hydrogen-bond donors (Lipinski definition) is 1. The van der Waals surface area contributed by atoms with E-state index in [9.17, 15) is 4.79 Å². The van der Waals surface area contributed by atoms with Gasteiger partial charge in [0.15, 0.2) is 0 Å². The molecule has 3 aromatic carbocycles. The summed E-state index contributed by atoms with van der Waals surface area (Å²) >= 11 is 12.9. The molecule has 0 fully saturated rings. The van der Waals surface area contributed by atoms with Crippen LogP contribution >= 0.6 is 35.0 Å². The monoisotopic (exact) mass is 446 g/mol.